The maximum atomic E-state index is 13.8. The van der Waals surface area contributed by atoms with E-state index in [4.69, 9.17) is 15.2 Å². The number of thioether (sulfide) groups is 1. The van der Waals surface area contributed by atoms with Crippen molar-refractivity contribution in [3.8, 4) is 17.6 Å². The van der Waals surface area contributed by atoms with Gasteiger partial charge in [-0.3, -0.25) is 9.69 Å². The van der Waals surface area contributed by atoms with E-state index in [9.17, 15) is 10.1 Å². The number of ketones is 1. The maximum Gasteiger partial charge on any atom is 0.219 e. The zero-order valence-corrected chi connectivity index (χ0v) is 24.8. The highest BCUT2D eigenvalue weighted by molar-refractivity contribution is 8.00. The number of nitriles is 1. The third kappa shape index (κ3) is 5.07. The van der Waals surface area contributed by atoms with Crippen molar-refractivity contribution in [1.29, 1.82) is 5.26 Å². The lowest BCUT2D eigenvalue weighted by molar-refractivity contribution is -0.118. The number of ether oxygens (including phenoxy) is 2. The summed E-state index contributed by atoms with van der Waals surface area (Å²) in [6.07, 6.45) is 0.941. The molecule has 0 fully saturated rings. The van der Waals surface area contributed by atoms with Gasteiger partial charge in [0.05, 0.1) is 31.8 Å². The fourth-order valence-electron chi connectivity index (χ4n) is 5.36. The first-order valence-electron chi connectivity index (χ1n) is 12.9. The number of anilines is 1. The molecule has 1 aromatic heterocycles. The van der Waals surface area contributed by atoms with Gasteiger partial charge in [0.2, 0.25) is 5.13 Å². The standard InChI is InChI=1S/C30H31N5O3S2/c1-17-9-11-18(12-10-17)16-39-29-34-33-28(40-29)35-21-13-30(2,3)14-22(36)25(21)24(20(15-31)27(35)32)19-7-6-8-23(37-4)26(19)38-5/h6-12,24H,13-14,16,32H2,1-5H3. The highest BCUT2D eigenvalue weighted by atomic mass is 32.2. The number of carbonyl (C=O) groups is 1. The monoisotopic (exact) mass is 573 g/mol. The van der Waals surface area contributed by atoms with Crippen molar-refractivity contribution < 1.29 is 14.3 Å². The number of para-hydroxylation sites is 1. The third-order valence-electron chi connectivity index (χ3n) is 7.20. The molecule has 2 heterocycles. The van der Waals surface area contributed by atoms with Crippen molar-refractivity contribution in [2.75, 3.05) is 19.1 Å². The van der Waals surface area contributed by atoms with Gasteiger partial charge in [0.25, 0.3) is 0 Å². The molecule has 10 heteroatoms. The fourth-order valence-corrected chi connectivity index (χ4v) is 7.19. The molecule has 206 valence electrons. The van der Waals surface area contributed by atoms with Gasteiger partial charge in [-0.25, -0.2) is 0 Å². The van der Waals surface area contributed by atoms with Gasteiger partial charge in [-0.1, -0.05) is 78.9 Å². The lowest BCUT2D eigenvalue weighted by Gasteiger charge is -2.42. The molecule has 2 aromatic carbocycles. The van der Waals surface area contributed by atoms with Crippen molar-refractivity contribution in [2.24, 2.45) is 11.1 Å². The first-order chi connectivity index (χ1) is 19.2. The molecule has 2 aliphatic rings. The summed E-state index contributed by atoms with van der Waals surface area (Å²) >= 11 is 2.99. The van der Waals surface area contributed by atoms with E-state index in [1.54, 1.807) is 36.9 Å². The smallest absolute Gasteiger partial charge is 0.219 e. The normalized spacial score (nSPS) is 18.4. The molecule has 0 saturated carbocycles. The Labute approximate surface area is 242 Å². The Morgan fingerprint density at radius 1 is 1.15 bits per heavy atom. The number of benzene rings is 2. The zero-order valence-electron chi connectivity index (χ0n) is 23.1. The van der Waals surface area contributed by atoms with E-state index >= 15 is 0 Å². The second-order valence-electron chi connectivity index (χ2n) is 10.7. The van der Waals surface area contributed by atoms with Crippen molar-refractivity contribution in [2.45, 2.75) is 49.6 Å². The quantitative estimate of drug-likeness (QED) is 0.335. The van der Waals surface area contributed by atoms with E-state index in [2.05, 4.69) is 61.3 Å². The lowest BCUT2D eigenvalue weighted by atomic mass is 9.68. The largest absolute Gasteiger partial charge is 0.493 e. The second kappa shape index (κ2) is 11.0. The van der Waals surface area contributed by atoms with Crippen molar-refractivity contribution in [1.82, 2.24) is 10.2 Å². The predicted molar refractivity (Wildman–Crippen MR) is 157 cm³/mol. The highest BCUT2D eigenvalue weighted by Crippen LogP contribution is 2.53. The van der Waals surface area contributed by atoms with Crippen LogP contribution in [0.25, 0.3) is 0 Å². The number of hydrogen-bond donors (Lipinski definition) is 1. The summed E-state index contributed by atoms with van der Waals surface area (Å²) in [6.45, 7) is 6.20. The number of nitrogens with zero attached hydrogens (tertiary/aromatic N) is 4. The van der Waals surface area contributed by atoms with E-state index in [-0.39, 0.29) is 22.6 Å². The van der Waals surface area contributed by atoms with Crippen LogP contribution in [0.5, 0.6) is 11.5 Å². The summed E-state index contributed by atoms with van der Waals surface area (Å²) in [4.78, 5) is 15.6. The molecule has 0 spiro atoms. The summed E-state index contributed by atoms with van der Waals surface area (Å²) in [6, 6.07) is 16.2. The number of nitrogens with two attached hydrogens (primary N) is 1. The Kier molecular flexibility index (Phi) is 7.62. The molecular weight excluding hydrogens is 542 g/mol. The molecule has 0 amide bonds. The average Bonchev–Trinajstić information content (AvgIpc) is 3.39. The molecule has 8 nitrogen and oxygen atoms in total. The Hall–Kier alpha value is -3.81. The molecule has 0 saturated heterocycles. The maximum absolute atomic E-state index is 13.8. The van der Waals surface area contributed by atoms with Crippen LogP contribution in [-0.4, -0.2) is 30.2 Å². The fraction of sp³-hybridized carbons (Fsp3) is 0.333. The topological polar surface area (TPSA) is 114 Å². The number of aryl methyl sites for hydroxylation is 1. The van der Waals surface area contributed by atoms with Crippen LogP contribution in [0.4, 0.5) is 5.13 Å². The first-order valence-corrected chi connectivity index (χ1v) is 14.7. The number of Topliss-reactive ketones (excluding diaryl/α,β-unsaturated/α-hetero) is 1. The SMILES string of the molecule is COc1cccc(C2C(C#N)=C(N)N(c3nnc(SCc4ccc(C)cc4)s3)C3=C2C(=O)CC(C)(C)C3)c1OC. The number of aromatic nitrogens is 2. The number of methoxy groups -OCH3 is 2. The van der Waals surface area contributed by atoms with Crippen LogP contribution in [0.15, 0.2) is 69.5 Å². The van der Waals surface area contributed by atoms with Gasteiger partial charge in [0, 0.05) is 29.0 Å². The number of hydrogen-bond acceptors (Lipinski definition) is 10. The molecule has 1 atom stereocenters. The van der Waals surface area contributed by atoms with E-state index in [0.29, 0.717) is 40.6 Å². The minimum Gasteiger partial charge on any atom is -0.493 e. The van der Waals surface area contributed by atoms with Crippen molar-refractivity contribution in [3.63, 3.8) is 0 Å². The summed E-state index contributed by atoms with van der Waals surface area (Å²) in [5, 5.41) is 19.8. The molecule has 1 aliphatic heterocycles. The summed E-state index contributed by atoms with van der Waals surface area (Å²) in [7, 11) is 3.11. The molecule has 1 unspecified atom stereocenters. The Morgan fingerprint density at radius 2 is 1.90 bits per heavy atom. The Balaban J connectivity index is 1.60. The highest BCUT2D eigenvalue weighted by Gasteiger charge is 2.46. The van der Waals surface area contributed by atoms with Crippen molar-refractivity contribution in [3.05, 3.63) is 81.8 Å². The summed E-state index contributed by atoms with van der Waals surface area (Å²) in [5.41, 5.74) is 11.1. The second-order valence-corrected chi connectivity index (χ2v) is 12.9. The Bertz CT molecular complexity index is 1570. The minimum absolute atomic E-state index is 0.0233. The van der Waals surface area contributed by atoms with Crippen molar-refractivity contribution >= 4 is 34.0 Å². The number of allylic oxidation sites excluding steroid dienone is 3. The van der Waals surface area contributed by atoms with Crippen LogP contribution in [0, 0.1) is 23.7 Å². The van der Waals surface area contributed by atoms with E-state index in [1.165, 1.54) is 22.5 Å². The van der Waals surface area contributed by atoms with E-state index in [0.717, 1.165) is 15.8 Å². The lowest BCUT2D eigenvalue weighted by Crippen LogP contribution is -2.42. The minimum atomic E-state index is -0.687. The van der Waals surface area contributed by atoms with Gasteiger partial charge in [0.15, 0.2) is 21.6 Å². The van der Waals surface area contributed by atoms with Gasteiger partial charge in [0.1, 0.15) is 5.82 Å². The van der Waals surface area contributed by atoms with Crippen LogP contribution >= 0.6 is 23.1 Å². The molecular formula is C30H31N5O3S2. The first kappa shape index (κ1) is 27.7. The number of carbonyl (C=O) groups excluding carboxylic acids is 1. The third-order valence-corrected chi connectivity index (χ3v) is 9.31. The van der Waals surface area contributed by atoms with Gasteiger partial charge in [-0.05, 0) is 30.4 Å². The summed E-state index contributed by atoms with van der Waals surface area (Å²) < 4.78 is 12.0. The van der Waals surface area contributed by atoms with Crippen LogP contribution in [-0.2, 0) is 10.5 Å². The molecule has 40 heavy (non-hydrogen) atoms. The van der Waals surface area contributed by atoms with Gasteiger partial charge < -0.3 is 15.2 Å². The van der Waals surface area contributed by atoms with Crippen LogP contribution in [0.1, 0.15) is 49.3 Å². The zero-order chi connectivity index (χ0) is 28.6. The number of rotatable bonds is 7. The van der Waals surface area contributed by atoms with E-state index < -0.39 is 5.92 Å². The van der Waals surface area contributed by atoms with Crippen LogP contribution < -0.4 is 20.1 Å². The molecule has 2 N–H and O–H groups in total. The van der Waals surface area contributed by atoms with Gasteiger partial charge in [-0.15, -0.1) is 10.2 Å². The predicted octanol–water partition coefficient (Wildman–Crippen LogP) is 6.10. The Morgan fingerprint density at radius 3 is 2.58 bits per heavy atom. The molecule has 0 radical (unpaired) electrons. The van der Waals surface area contributed by atoms with Gasteiger partial charge >= 0.3 is 0 Å². The van der Waals surface area contributed by atoms with Crippen LogP contribution in [0.2, 0.25) is 0 Å². The average molecular weight is 574 g/mol. The molecule has 1 aliphatic carbocycles. The molecule has 5 rings (SSSR count). The summed E-state index contributed by atoms with van der Waals surface area (Å²) in [5.74, 6) is 1.27. The van der Waals surface area contributed by atoms with Gasteiger partial charge in [-0.2, -0.15) is 5.26 Å². The van der Waals surface area contributed by atoms with E-state index in [1.807, 2.05) is 12.1 Å². The van der Waals surface area contributed by atoms with Crippen LogP contribution in [0.3, 0.4) is 0 Å². The molecule has 0 bridgehead atoms. The molecule has 3 aromatic rings.